The first-order valence-corrected chi connectivity index (χ1v) is 8.44. The molecule has 1 N–H and O–H groups in total. The van der Waals surface area contributed by atoms with Crippen LogP contribution in [-0.2, 0) is 11.3 Å². The minimum Gasteiger partial charge on any atom is -0.450 e. The van der Waals surface area contributed by atoms with Gasteiger partial charge in [0.05, 0.1) is 13.2 Å². The Hall–Kier alpha value is -1.03. The van der Waals surface area contributed by atoms with Crippen molar-refractivity contribution in [3.05, 3.63) is 21.9 Å². The van der Waals surface area contributed by atoms with Crippen molar-refractivity contribution in [2.24, 2.45) is 4.99 Å². The molecule has 1 amide bonds. The summed E-state index contributed by atoms with van der Waals surface area (Å²) in [7, 11) is 1.79. The van der Waals surface area contributed by atoms with Crippen molar-refractivity contribution in [2.45, 2.75) is 20.4 Å². The van der Waals surface area contributed by atoms with Crippen LogP contribution >= 0.6 is 35.3 Å². The summed E-state index contributed by atoms with van der Waals surface area (Å²) >= 11 is 1.75. The SMILES string of the molecule is CCOC(=O)N1CCN(C(=NC)NCc2sccc2C)CC1.I. The highest BCUT2D eigenvalue weighted by Gasteiger charge is 2.23. The molecule has 23 heavy (non-hydrogen) atoms. The lowest BCUT2D eigenvalue weighted by Gasteiger charge is -2.35. The predicted molar refractivity (Wildman–Crippen MR) is 105 cm³/mol. The fourth-order valence-electron chi connectivity index (χ4n) is 2.39. The zero-order chi connectivity index (χ0) is 15.9. The van der Waals surface area contributed by atoms with Crippen molar-refractivity contribution in [3.8, 4) is 0 Å². The summed E-state index contributed by atoms with van der Waals surface area (Å²) in [6, 6.07) is 2.13. The Kier molecular flexibility index (Phi) is 8.67. The summed E-state index contributed by atoms with van der Waals surface area (Å²) in [6.45, 7) is 8.01. The van der Waals surface area contributed by atoms with Gasteiger partial charge in [-0.1, -0.05) is 0 Å². The molecular formula is C15H25IN4O2S. The van der Waals surface area contributed by atoms with Gasteiger partial charge in [0.25, 0.3) is 0 Å². The van der Waals surface area contributed by atoms with Crippen molar-refractivity contribution in [1.82, 2.24) is 15.1 Å². The van der Waals surface area contributed by atoms with Gasteiger partial charge in [-0.15, -0.1) is 35.3 Å². The minimum atomic E-state index is -0.223. The van der Waals surface area contributed by atoms with E-state index in [2.05, 4.69) is 33.6 Å². The number of halogens is 1. The molecule has 2 rings (SSSR count). The maximum Gasteiger partial charge on any atom is 0.409 e. The van der Waals surface area contributed by atoms with Crippen molar-refractivity contribution < 1.29 is 9.53 Å². The van der Waals surface area contributed by atoms with Gasteiger partial charge in [0.2, 0.25) is 0 Å². The molecule has 1 aliphatic heterocycles. The molecule has 0 atom stereocenters. The maximum absolute atomic E-state index is 11.7. The second kappa shape index (κ2) is 9.96. The largest absolute Gasteiger partial charge is 0.450 e. The Morgan fingerprint density at radius 1 is 1.35 bits per heavy atom. The summed E-state index contributed by atoms with van der Waals surface area (Å²) in [5, 5.41) is 5.51. The predicted octanol–water partition coefficient (Wildman–Crippen LogP) is 2.52. The van der Waals surface area contributed by atoms with Gasteiger partial charge in [0.1, 0.15) is 0 Å². The van der Waals surface area contributed by atoms with Crippen LogP contribution in [0.15, 0.2) is 16.4 Å². The number of nitrogens with one attached hydrogen (secondary N) is 1. The monoisotopic (exact) mass is 452 g/mol. The van der Waals surface area contributed by atoms with Gasteiger partial charge in [-0.25, -0.2) is 4.79 Å². The zero-order valence-corrected chi connectivity index (χ0v) is 17.0. The molecule has 0 spiro atoms. The highest BCUT2D eigenvalue weighted by Crippen LogP contribution is 2.15. The Bertz CT molecular complexity index is 527. The number of hydrogen-bond acceptors (Lipinski definition) is 4. The van der Waals surface area contributed by atoms with Gasteiger partial charge in [0, 0.05) is 38.1 Å². The van der Waals surface area contributed by atoms with E-state index in [-0.39, 0.29) is 30.1 Å². The molecule has 0 saturated carbocycles. The summed E-state index contributed by atoms with van der Waals surface area (Å²) in [5.74, 6) is 0.885. The molecule has 0 radical (unpaired) electrons. The molecule has 1 saturated heterocycles. The molecule has 0 unspecified atom stereocenters. The maximum atomic E-state index is 11.7. The Labute approximate surface area is 158 Å². The number of nitrogens with zero attached hydrogens (tertiary/aromatic N) is 3. The zero-order valence-electron chi connectivity index (χ0n) is 13.9. The van der Waals surface area contributed by atoms with Crippen molar-refractivity contribution in [3.63, 3.8) is 0 Å². The number of carbonyl (C=O) groups is 1. The van der Waals surface area contributed by atoms with Crippen LogP contribution in [0.3, 0.4) is 0 Å². The number of carbonyl (C=O) groups excluding carboxylic acids is 1. The average molecular weight is 452 g/mol. The topological polar surface area (TPSA) is 57.2 Å². The Morgan fingerprint density at radius 3 is 2.52 bits per heavy atom. The number of hydrogen-bond donors (Lipinski definition) is 1. The normalized spacial score (nSPS) is 15.2. The molecule has 1 aromatic rings. The lowest BCUT2D eigenvalue weighted by atomic mass is 10.3. The van der Waals surface area contributed by atoms with E-state index in [4.69, 9.17) is 4.74 Å². The quantitative estimate of drug-likeness (QED) is 0.435. The lowest BCUT2D eigenvalue weighted by Crippen LogP contribution is -2.53. The first kappa shape index (κ1) is 20.0. The fourth-order valence-corrected chi connectivity index (χ4v) is 3.24. The lowest BCUT2D eigenvalue weighted by molar-refractivity contribution is 0.0914. The van der Waals surface area contributed by atoms with E-state index in [1.807, 2.05) is 6.92 Å². The minimum absolute atomic E-state index is 0. The third kappa shape index (κ3) is 5.52. The number of piperazine rings is 1. The summed E-state index contributed by atoms with van der Waals surface area (Å²) in [5.41, 5.74) is 1.31. The third-order valence-electron chi connectivity index (χ3n) is 3.69. The summed E-state index contributed by atoms with van der Waals surface area (Å²) in [4.78, 5) is 21.3. The number of amides is 1. The standard InChI is InChI=1S/C15H24N4O2S.HI/c1-4-21-15(20)19-8-6-18(7-9-19)14(16-3)17-11-13-12(2)5-10-22-13;/h5,10H,4,6-9,11H2,1-3H3,(H,16,17);1H. The number of aliphatic imine (C=N–C) groups is 1. The third-order valence-corrected chi connectivity index (χ3v) is 4.72. The number of ether oxygens (including phenoxy) is 1. The van der Waals surface area contributed by atoms with Crippen molar-refractivity contribution >= 4 is 47.4 Å². The smallest absolute Gasteiger partial charge is 0.409 e. The van der Waals surface area contributed by atoms with Gasteiger partial charge in [-0.05, 0) is 30.9 Å². The van der Waals surface area contributed by atoms with Crippen LogP contribution in [0.25, 0.3) is 0 Å². The van der Waals surface area contributed by atoms with Gasteiger partial charge in [-0.3, -0.25) is 4.99 Å². The van der Waals surface area contributed by atoms with Gasteiger partial charge >= 0.3 is 6.09 Å². The number of aryl methyl sites for hydroxylation is 1. The van der Waals surface area contributed by atoms with E-state index in [0.717, 1.165) is 25.6 Å². The first-order chi connectivity index (χ1) is 10.7. The molecular weight excluding hydrogens is 427 g/mol. The number of rotatable bonds is 3. The van der Waals surface area contributed by atoms with E-state index in [0.29, 0.717) is 19.7 Å². The van der Waals surface area contributed by atoms with E-state index in [1.165, 1.54) is 10.4 Å². The van der Waals surface area contributed by atoms with E-state index in [1.54, 1.807) is 23.3 Å². The average Bonchev–Trinajstić information content (AvgIpc) is 2.94. The molecule has 1 fully saturated rings. The van der Waals surface area contributed by atoms with Crippen LogP contribution in [0, 0.1) is 6.92 Å². The van der Waals surface area contributed by atoms with E-state index < -0.39 is 0 Å². The van der Waals surface area contributed by atoms with Crippen molar-refractivity contribution in [1.29, 1.82) is 0 Å². The molecule has 0 bridgehead atoms. The first-order valence-electron chi connectivity index (χ1n) is 7.56. The van der Waals surface area contributed by atoms with E-state index in [9.17, 15) is 4.79 Å². The number of guanidine groups is 1. The van der Waals surface area contributed by atoms with Crippen LogP contribution in [-0.4, -0.2) is 61.7 Å². The van der Waals surface area contributed by atoms with Gasteiger partial charge in [-0.2, -0.15) is 0 Å². The van der Waals surface area contributed by atoms with Gasteiger partial charge in [0.15, 0.2) is 5.96 Å². The van der Waals surface area contributed by atoms with Crippen molar-refractivity contribution in [2.75, 3.05) is 39.8 Å². The Morgan fingerprint density at radius 2 is 2.00 bits per heavy atom. The van der Waals surface area contributed by atoms with E-state index >= 15 is 0 Å². The molecule has 8 heteroatoms. The molecule has 1 aromatic heterocycles. The second-order valence-electron chi connectivity index (χ2n) is 5.10. The molecule has 6 nitrogen and oxygen atoms in total. The molecule has 130 valence electrons. The van der Waals surface area contributed by atoms with Gasteiger partial charge < -0.3 is 19.9 Å². The van der Waals surface area contributed by atoms with Crippen LogP contribution in [0.1, 0.15) is 17.4 Å². The summed E-state index contributed by atoms with van der Waals surface area (Å²) < 4.78 is 5.04. The number of thiophene rings is 1. The van der Waals surface area contributed by atoms with Crippen LogP contribution in [0.2, 0.25) is 0 Å². The van der Waals surface area contributed by atoms with Crippen LogP contribution in [0.5, 0.6) is 0 Å². The van der Waals surface area contributed by atoms with Crippen LogP contribution in [0.4, 0.5) is 4.79 Å². The fraction of sp³-hybridized carbons (Fsp3) is 0.600. The molecule has 0 aliphatic carbocycles. The van der Waals surface area contributed by atoms with Crippen LogP contribution < -0.4 is 5.32 Å². The Balaban J connectivity index is 0.00000264. The molecule has 0 aromatic carbocycles. The summed E-state index contributed by atoms with van der Waals surface area (Å²) in [6.07, 6.45) is -0.223. The molecule has 1 aliphatic rings. The highest BCUT2D eigenvalue weighted by atomic mass is 127. The second-order valence-corrected chi connectivity index (χ2v) is 6.10. The molecule has 2 heterocycles. The highest BCUT2D eigenvalue weighted by molar-refractivity contribution is 14.0.